The van der Waals surface area contributed by atoms with Gasteiger partial charge in [-0.2, -0.15) is 0 Å². The van der Waals surface area contributed by atoms with E-state index in [-0.39, 0.29) is 12.3 Å². The summed E-state index contributed by atoms with van der Waals surface area (Å²) in [6.07, 6.45) is 6.55. The molecule has 0 atom stereocenters. The molecule has 0 fully saturated rings. The lowest BCUT2D eigenvalue weighted by molar-refractivity contribution is -0.137. The summed E-state index contributed by atoms with van der Waals surface area (Å²) in [6, 6.07) is 0. The van der Waals surface area contributed by atoms with Crippen molar-refractivity contribution in [3.05, 3.63) is 0 Å². The van der Waals surface area contributed by atoms with Crippen LogP contribution in [0.5, 0.6) is 0 Å². The van der Waals surface area contributed by atoms with Crippen LogP contribution in [0.15, 0.2) is 0 Å². The average Bonchev–Trinajstić information content (AvgIpc) is 2.31. The zero-order chi connectivity index (χ0) is 14.5. The van der Waals surface area contributed by atoms with Gasteiger partial charge in [-0.25, -0.2) is 0 Å². The van der Waals surface area contributed by atoms with Gasteiger partial charge in [-0.05, 0) is 39.9 Å². The molecule has 2 N–H and O–H groups in total. The molecule has 0 aliphatic heterocycles. The van der Waals surface area contributed by atoms with Crippen molar-refractivity contribution < 1.29 is 14.7 Å². The number of hydrogen-bond acceptors (Lipinski definition) is 3. The highest BCUT2D eigenvalue weighted by Gasteiger charge is 2.01. The molecule has 0 aromatic carbocycles. The number of nitrogens with one attached hydrogen (secondary N) is 1. The second-order valence-corrected chi connectivity index (χ2v) is 5.17. The molecule has 0 saturated carbocycles. The summed E-state index contributed by atoms with van der Waals surface area (Å²) in [5.41, 5.74) is 0. The van der Waals surface area contributed by atoms with Crippen molar-refractivity contribution in [3.8, 4) is 0 Å². The lowest BCUT2D eigenvalue weighted by Crippen LogP contribution is -2.25. The summed E-state index contributed by atoms with van der Waals surface area (Å²) in [5, 5.41) is 11.4. The number of nitrogens with zero attached hydrogens (tertiary/aromatic N) is 1. The van der Waals surface area contributed by atoms with E-state index in [0.29, 0.717) is 6.42 Å². The summed E-state index contributed by atoms with van der Waals surface area (Å²) >= 11 is 0. The first-order chi connectivity index (χ1) is 9.02. The van der Waals surface area contributed by atoms with Gasteiger partial charge in [0.25, 0.3) is 0 Å². The molecule has 19 heavy (non-hydrogen) atoms. The van der Waals surface area contributed by atoms with Crippen LogP contribution in [0.4, 0.5) is 0 Å². The fourth-order valence-corrected chi connectivity index (χ4v) is 1.80. The monoisotopic (exact) mass is 272 g/mol. The Morgan fingerprint density at radius 3 is 2.21 bits per heavy atom. The van der Waals surface area contributed by atoms with E-state index in [1.165, 1.54) is 0 Å². The number of carboxylic acid groups (broad SMARTS) is 1. The lowest BCUT2D eigenvalue weighted by atomic mass is 10.1. The Bertz CT molecular complexity index is 255. The van der Waals surface area contributed by atoms with Crippen LogP contribution in [0.25, 0.3) is 0 Å². The number of aliphatic carboxylic acids is 1. The molecule has 0 aliphatic carbocycles. The normalized spacial score (nSPS) is 10.7. The van der Waals surface area contributed by atoms with Gasteiger partial charge in [-0.3, -0.25) is 9.59 Å². The van der Waals surface area contributed by atoms with Gasteiger partial charge in [-0.1, -0.05) is 19.3 Å². The van der Waals surface area contributed by atoms with Gasteiger partial charge in [-0.15, -0.1) is 0 Å². The van der Waals surface area contributed by atoms with Gasteiger partial charge >= 0.3 is 5.97 Å². The predicted octanol–water partition coefficient (Wildman–Crippen LogP) is 1.87. The molecule has 0 rings (SSSR count). The van der Waals surface area contributed by atoms with Crippen LogP contribution in [0.1, 0.15) is 51.4 Å². The molecular weight excluding hydrogens is 244 g/mol. The number of carbonyl (C=O) groups is 2. The molecule has 0 aromatic rings. The molecule has 0 aromatic heterocycles. The first-order valence-corrected chi connectivity index (χ1v) is 7.15. The summed E-state index contributed by atoms with van der Waals surface area (Å²) < 4.78 is 0. The Morgan fingerprint density at radius 2 is 1.58 bits per heavy atom. The molecule has 5 nitrogen and oxygen atoms in total. The minimum absolute atomic E-state index is 0.132. The molecule has 1 amide bonds. The van der Waals surface area contributed by atoms with E-state index < -0.39 is 5.97 Å². The second-order valence-electron chi connectivity index (χ2n) is 5.17. The van der Waals surface area contributed by atoms with Crippen LogP contribution >= 0.6 is 0 Å². The van der Waals surface area contributed by atoms with Crippen LogP contribution < -0.4 is 5.32 Å². The zero-order valence-corrected chi connectivity index (χ0v) is 12.3. The number of hydrogen-bond donors (Lipinski definition) is 2. The van der Waals surface area contributed by atoms with Crippen molar-refractivity contribution in [3.63, 3.8) is 0 Å². The second kappa shape index (κ2) is 12.0. The predicted molar refractivity (Wildman–Crippen MR) is 76.1 cm³/mol. The Morgan fingerprint density at radius 1 is 0.947 bits per heavy atom. The van der Waals surface area contributed by atoms with Crippen LogP contribution in [0.2, 0.25) is 0 Å². The van der Waals surface area contributed by atoms with Crippen LogP contribution in [-0.4, -0.2) is 49.1 Å². The SMILES string of the molecule is CN(C)CCCC(=O)NCCCCCCCC(=O)O. The minimum Gasteiger partial charge on any atom is -0.481 e. The first-order valence-electron chi connectivity index (χ1n) is 7.15. The average molecular weight is 272 g/mol. The maximum Gasteiger partial charge on any atom is 0.303 e. The van der Waals surface area contributed by atoms with E-state index in [2.05, 4.69) is 10.2 Å². The highest BCUT2D eigenvalue weighted by molar-refractivity contribution is 5.75. The van der Waals surface area contributed by atoms with Gasteiger partial charge in [0, 0.05) is 19.4 Å². The molecule has 0 spiro atoms. The summed E-state index contributed by atoms with van der Waals surface area (Å²) in [7, 11) is 4.00. The fourth-order valence-electron chi connectivity index (χ4n) is 1.80. The van der Waals surface area contributed by atoms with Gasteiger partial charge in [0.2, 0.25) is 5.91 Å². The smallest absolute Gasteiger partial charge is 0.303 e. The molecule has 0 radical (unpaired) electrons. The van der Waals surface area contributed by atoms with Gasteiger partial charge in [0.1, 0.15) is 0 Å². The van der Waals surface area contributed by atoms with Crippen LogP contribution in [0, 0.1) is 0 Å². The topological polar surface area (TPSA) is 69.6 Å². The zero-order valence-electron chi connectivity index (χ0n) is 12.3. The third-order valence-electron chi connectivity index (χ3n) is 2.90. The van der Waals surface area contributed by atoms with Crippen molar-refractivity contribution in [2.75, 3.05) is 27.2 Å². The standard InChI is InChI=1S/C14H28N2O3/c1-16(2)12-8-9-13(17)15-11-7-5-3-4-6-10-14(18)19/h3-12H2,1-2H3,(H,15,17)(H,18,19). The van der Waals surface area contributed by atoms with E-state index >= 15 is 0 Å². The van der Waals surface area contributed by atoms with Crippen LogP contribution in [0.3, 0.4) is 0 Å². The minimum atomic E-state index is -0.718. The van der Waals surface area contributed by atoms with Crippen molar-refractivity contribution >= 4 is 11.9 Å². The van der Waals surface area contributed by atoms with E-state index in [0.717, 1.165) is 51.6 Å². The van der Waals surface area contributed by atoms with Gasteiger partial charge in [0.05, 0.1) is 0 Å². The molecule has 0 bridgehead atoms. The maximum absolute atomic E-state index is 11.4. The van der Waals surface area contributed by atoms with Crippen LogP contribution in [-0.2, 0) is 9.59 Å². The highest BCUT2D eigenvalue weighted by Crippen LogP contribution is 2.04. The third-order valence-corrected chi connectivity index (χ3v) is 2.90. The molecule has 0 saturated heterocycles. The lowest BCUT2D eigenvalue weighted by Gasteiger charge is -2.09. The first kappa shape index (κ1) is 17.9. The Labute approximate surface area is 116 Å². The summed E-state index contributed by atoms with van der Waals surface area (Å²) in [4.78, 5) is 23.8. The van der Waals surface area contributed by atoms with E-state index in [1.807, 2.05) is 14.1 Å². The number of carboxylic acids is 1. The molecule has 0 unspecified atom stereocenters. The molecule has 5 heteroatoms. The highest BCUT2D eigenvalue weighted by atomic mass is 16.4. The maximum atomic E-state index is 11.4. The third kappa shape index (κ3) is 14.8. The van der Waals surface area contributed by atoms with Crippen molar-refractivity contribution in [2.24, 2.45) is 0 Å². The Hall–Kier alpha value is -1.10. The quantitative estimate of drug-likeness (QED) is 0.532. The van der Waals surface area contributed by atoms with E-state index in [9.17, 15) is 9.59 Å². The van der Waals surface area contributed by atoms with Crippen molar-refractivity contribution in [1.29, 1.82) is 0 Å². The van der Waals surface area contributed by atoms with E-state index in [1.54, 1.807) is 0 Å². The van der Waals surface area contributed by atoms with Gasteiger partial charge < -0.3 is 15.3 Å². The summed E-state index contributed by atoms with van der Waals surface area (Å²) in [5.74, 6) is -0.585. The molecule has 0 aliphatic rings. The summed E-state index contributed by atoms with van der Waals surface area (Å²) in [6.45, 7) is 1.68. The fraction of sp³-hybridized carbons (Fsp3) is 0.857. The number of amides is 1. The van der Waals surface area contributed by atoms with Crippen molar-refractivity contribution in [1.82, 2.24) is 10.2 Å². The largest absolute Gasteiger partial charge is 0.481 e. The molecule has 112 valence electrons. The number of rotatable bonds is 12. The Balaban J connectivity index is 3.20. The van der Waals surface area contributed by atoms with E-state index in [4.69, 9.17) is 5.11 Å². The molecule has 0 heterocycles. The Kier molecular flexibility index (Phi) is 11.3. The number of carbonyl (C=O) groups excluding carboxylic acids is 1. The molecular formula is C14H28N2O3. The van der Waals surface area contributed by atoms with Crippen molar-refractivity contribution in [2.45, 2.75) is 51.4 Å². The van der Waals surface area contributed by atoms with Gasteiger partial charge in [0.15, 0.2) is 0 Å². The number of unbranched alkanes of at least 4 members (excludes halogenated alkanes) is 4.